The van der Waals surface area contributed by atoms with Crippen molar-refractivity contribution in [3.8, 4) is 17.4 Å². The third-order valence-corrected chi connectivity index (χ3v) is 6.11. The third-order valence-electron chi connectivity index (χ3n) is 5.01. The van der Waals surface area contributed by atoms with Crippen LogP contribution in [0.15, 0.2) is 45.6 Å². The number of allylic oxidation sites excluding steroid dienone is 1. The minimum Gasteiger partial charge on any atom is -0.462 e. The molecule has 0 unspecified atom stereocenters. The number of hydrogen-bond acceptors (Lipinski definition) is 7. The Kier molecular flexibility index (Phi) is 5.75. The predicted molar refractivity (Wildman–Crippen MR) is 123 cm³/mol. The van der Waals surface area contributed by atoms with Gasteiger partial charge in [-0.15, -0.1) is 11.3 Å². The number of hydrogen-bond donors (Lipinski definition) is 1. The summed E-state index contributed by atoms with van der Waals surface area (Å²) in [5, 5.41) is 10.2. The van der Waals surface area contributed by atoms with Crippen LogP contribution < -0.4 is 5.56 Å². The topological polar surface area (TPSA) is 109 Å². The van der Waals surface area contributed by atoms with E-state index in [0.717, 1.165) is 16.0 Å². The molecule has 0 saturated carbocycles. The van der Waals surface area contributed by atoms with E-state index in [1.165, 1.54) is 17.4 Å². The number of furan rings is 1. The zero-order chi connectivity index (χ0) is 22.8. The lowest BCUT2D eigenvalue weighted by molar-refractivity contribution is 0.0526. The number of aryl methyl sites for hydroxylation is 2. The second kappa shape index (κ2) is 8.65. The molecular weight excluding hydrogens is 426 g/mol. The largest absolute Gasteiger partial charge is 0.462 e. The minimum atomic E-state index is -0.379. The number of ether oxygens (including phenoxy) is 1. The summed E-state index contributed by atoms with van der Waals surface area (Å²) in [6, 6.07) is 12.4. The van der Waals surface area contributed by atoms with Gasteiger partial charge in [0.15, 0.2) is 5.82 Å². The summed E-state index contributed by atoms with van der Waals surface area (Å²) in [6.07, 6.45) is 1.54. The van der Waals surface area contributed by atoms with Crippen molar-refractivity contribution < 1.29 is 13.9 Å². The number of carbonyl (C=O) groups excluding carboxylic acids is 1. The number of rotatable bonds is 5. The summed E-state index contributed by atoms with van der Waals surface area (Å²) >= 11 is 1.42. The molecule has 0 amide bonds. The maximum atomic E-state index is 12.5. The fourth-order valence-corrected chi connectivity index (χ4v) is 4.28. The normalized spacial score (nSPS) is 11.5. The van der Waals surface area contributed by atoms with Gasteiger partial charge in [0.2, 0.25) is 0 Å². The predicted octanol–water partition coefficient (Wildman–Crippen LogP) is 5.10. The number of benzene rings is 1. The van der Waals surface area contributed by atoms with Gasteiger partial charge in [0.1, 0.15) is 22.4 Å². The van der Waals surface area contributed by atoms with Crippen molar-refractivity contribution in [1.29, 1.82) is 5.26 Å². The van der Waals surface area contributed by atoms with Gasteiger partial charge in [-0.05, 0) is 50.6 Å². The highest BCUT2D eigenvalue weighted by molar-refractivity contribution is 7.18. The quantitative estimate of drug-likeness (QED) is 0.338. The Labute approximate surface area is 187 Å². The van der Waals surface area contributed by atoms with Crippen molar-refractivity contribution in [2.24, 2.45) is 0 Å². The van der Waals surface area contributed by atoms with E-state index in [0.29, 0.717) is 33.9 Å². The monoisotopic (exact) mass is 445 g/mol. The molecule has 0 aliphatic heterocycles. The van der Waals surface area contributed by atoms with Crippen molar-refractivity contribution in [3.05, 3.63) is 74.3 Å². The van der Waals surface area contributed by atoms with Crippen LogP contribution >= 0.6 is 11.3 Å². The molecule has 160 valence electrons. The van der Waals surface area contributed by atoms with Crippen LogP contribution in [0.3, 0.4) is 0 Å². The van der Waals surface area contributed by atoms with E-state index < -0.39 is 0 Å². The standard InChI is InChI=1S/C24H19N3O4S/c1-4-30-24(29)16-7-5-15(6-8-16)19-10-9-18(31-19)11-17(12-25)21-26-22(28)20-13(2)14(3)32-23(20)27-21/h5-11H,4H2,1-3H3,(H,26,27,28). The fourth-order valence-electron chi connectivity index (χ4n) is 3.25. The molecule has 7 nitrogen and oxygen atoms in total. The molecular formula is C24H19N3O4S. The van der Waals surface area contributed by atoms with Crippen molar-refractivity contribution in [2.45, 2.75) is 20.8 Å². The van der Waals surface area contributed by atoms with Crippen molar-refractivity contribution in [2.75, 3.05) is 6.61 Å². The fraction of sp³-hybridized carbons (Fsp3) is 0.167. The van der Waals surface area contributed by atoms with E-state index in [2.05, 4.69) is 16.0 Å². The molecule has 0 aliphatic carbocycles. The van der Waals surface area contributed by atoms with Gasteiger partial charge in [0.05, 0.1) is 23.1 Å². The number of thiophene rings is 1. The van der Waals surface area contributed by atoms with Crippen molar-refractivity contribution in [1.82, 2.24) is 9.97 Å². The van der Waals surface area contributed by atoms with Gasteiger partial charge in [0, 0.05) is 16.5 Å². The van der Waals surface area contributed by atoms with Crippen LogP contribution in [0, 0.1) is 25.2 Å². The lowest BCUT2D eigenvalue weighted by Gasteiger charge is -2.02. The SMILES string of the molecule is CCOC(=O)c1ccc(-c2ccc(C=C(C#N)c3nc4sc(C)c(C)c4c(=O)[nH]3)o2)cc1. The van der Waals surface area contributed by atoms with Crippen molar-refractivity contribution >= 4 is 39.2 Å². The van der Waals surface area contributed by atoms with Gasteiger partial charge in [-0.25, -0.2) is 9.78 Å². The Morgan fingerprint density at radius 1 is 1.25 bits per heavy atom. The van der Waals surface area contributed by atoms with Crippen LogP contribution in [0.1, 0.15) is 39.3 Å². The maximum Gasteiger partial charge on any atom is 0.338 e. The summed E-state index contributed by atoms with van der Waals surface area (Å²) in [7, 11) is 0. The molecule has 1 N–H and O–H groups in total. The van der Waals surface area contributed by atoms with Gasteiger partial charge in [-0.3, -0.25) is 4.79 Å². The Hall–Kier alpha value is -3.96. The molecule has 0 radical (unpaired) electrons. The molecule has 3 heterocycles. The first-order valence-electron chi connectivity index (χ1n) is 9.90. The van der Waals surface area contributed by atoms with Crippen LogP contribution in [0.2, 0.25) is 0 Å². The summed E-state index contributed by atoms with van der Waals surface area (Å²) in [5.41, 5.74) is 2.05. The lowest BCUT2D eigenvalue weighted by Crippen LogP contribution is -2.10. The molecule has 0 atom stereocenters. The van der Waals surface area contributed by atoms with Gasteiger partial charge in [-0.1, -0.05) is 12.1 Å². The first-order valence-corrected chi connectivity index (χ1v) is 10.7. The molecule has 0 fully saturated rings. The Balaban J connectivity index is 1.64. The molecule has 4 rings (SSSR count). The summed E-state index contributed by atoms with van der Waals surface area (Å²) in [6.45, 7) is 5.89. The van der Waals surface area contributed by atoms with Gasteiger partial charge >= 0.3 is 5.97 Å². The highest BCUT2D eigenvalue weighted by atomic mass is 32.1. The van der Waals surface area contributed by atoms with Crippen LogP contribution in [0.5, 0.6) is 0 Å². The highest BCUT2D eigenvalue weighted by Gasteiger charge is 2.15. The summed E-state index contributed by atoms with van der Waals surface area (Å²) < 4.78 is 10.8. The van der Waals surface area contributed by atoms with Gasteiger partial charge < -0.3 is 14.1 Å². The third kappa shape index (κ3) is 3.98. The second-order valence-corrected chi connectivity index (χ2v) is 8.25. The maximum absolute atomic E-state index is 12.5. The van der Waals surface area contributed by atoms with E-state index in [1.807, 2.05) is 13.8 Å². The molecule has 8 heteroatoms. The van der Waals surface area contributed by atoms with E-state index in [9.17, 15) is 14.9 Å². The first kappa shape index (κ1) is 21.3. The molecule has 32 heavy (non-hydrogen) atoms. The number of nitrogens with zero attached hydrogens (tertiary/aromatic N) is 2. The van der Waals surface area contributed by atoms with E-state index in [-0.39, 0.29) is 22.9 Å². The Morgan fingerprint density at radius 2 is 2.00 bits per heavy atom. The van der Waals surface area contributed by atoms with E-state index in [4.69, 9.17) is 9.15 Å². The first-order chi connectivity index (χ1) is 15.4. The number of nitriles is 1. The van der Waals surface area contributed by atoms with Gasteiger partial charge in [0.25, 0.3) is 5.56 Å². The smallest absolute Gasteiger partial charge is 0.338 e. The second-order valence-electron chi connectivity index (χ2n) is 7.05. The molecule has 3 aromatic heterocycles. The van der Waals surface area contributed by atoms with Crippen LogP contribution in [0.25, 0.3) is 33.2 Å². The lowest BCUT2D eigenvalue weighted by atomic mass is 10.1. The molecule has 0 aliphatic rings. The average Bonchev–Trinajstić information content (AvgIpc) is 3.36. The van der Waals surface area contributed by atoms with Crippen LogP contribution in [-0.2, 0) is 4.74 Å². The average molecular weight is 446 g/mol. The van der Waals surface area contributed by atoms with Crippen LogP contribution in [-0.4, -0.2) is 22.5 Å². The minimum absolute atomic E-state index is 0.186. The summed E-state index contributed by atoms with van der Waals surface area (Å²) in [5.74, 6) is 0.830. The molecule has 4 aromatic rings. The number of aromatic amines is 1. The molecule has 1 aromatic carbocycles. The zero-order valence-corrected chi connectivity index (χ0v) is 18.5. The number of H-pyrrole nitrogens is 1. The molecule has 0 bridgehead atoms. The highest BCUT2D eigenvalue weighted by Crippen LogP contribution is 2.28. The Bertz CT molecular complexity index is 1450. The zero-order valence-electron chi connectivity index (χ0n) is 17.7. The van der Waals surface area contributed by atoms with Crippen molar-refractivity contribution in [3.63, 3.8) is 0 Å². The number of nitrogens with one attached hydrogen (secondary N) is 1. The number of esters is 1. The van der Waals surface area contributed by atoms with E-state index >= 15 is 0 Å². The number of carbonyl (C=O) groups is 1. The van der Waals surface area contributed by atoms with Crippen LogP contribution in [0.4, 0.5) is 0 Å². The van der Waals surface area contributed by atoms with Gasteiger partial charge in [-0.2, -0.15) is 5.26 Å². The number of aromatic nitrogens is 2. The number of fused-ring (bicyclic) bond motifs is 1. The molecule has 0 spiro atoms. The Morgan fingerprint density at radius 3 is 2.69 bits per heavy atom. The summed E-state index contributed by atoms with van der Waals surface area (Å²) in [4.78, 5) is 33.1. The molecule has 0 saturated heterocycles. The van der Waals surface area contributed by atoms with E-state index in [1.54, 1.807) is 43.3 Å².